The topological polar surface area (TPSA) is 29.5 Å². The average Bonchev–Trinajstić information content (AvgIpc) is 2.56. The third-order valence-corrected chi connectivity index (χ3v) is 4.21. The quantitative estimate of drug-likeness (QED) is 0.457. The van der Waals surface area contributed by atoms with Crippen molar-refractivity contribution in [2.75, 3.05) is 32.8 Å². The van der Waals surface area contributed by atoms with Crippen LogP contribution in [0.15, 0.2) is 30.3 Å². The lowest BCUT2D eigenvalue weighted by atomic mass is 9.73. The minimum Gasteiger partial charge on any atom is -0.380 e. The standard InChI is InChI=1S/C18H23NO2/c1-3-18(17(20)16-8-6-5-7-9-16)10-12-19(13-11-18)14-15-21-4-2/h1,5-9H,4,10-15H2,2H3. The maximum Gasteiger partial charge on any atom is 0.180 e. The van der Waals surface area contributed by atoms with Crippen LogP contribution in [-0.4, -0.2) is 43.5 Å². The summed E-state index contributed by atoms with van der Waals surface area (Å²) >= 11 is 0. The molecule has 0 saturated carbocycles. The Kier molecular flexibility index (Phi) is 5.55. The Labute approximate surface area is 127 Å². The van der Waals surface area contributed by atoms with E-state index in [0.717, 1.165) is 51.3 Å². The zero-order valence-electron chi connectivity index (χ0n) is 12.7. The van der Waals surface area contributed by atoms with Crippen molar-refractivity contribution in [3.05, 3.63) is 35.9 Å². The monoisotopic (exact) mass is 285 g/mol. The highest BCUT2D eigenvalue weighted by molar-refractivity contribution is 6.02. The second-order valence-corrected chi connectivity index (χ2v) is 5.46. The summed E-state index contributed by atoms with van der Waals surface area (Å²) in [5.41, 5.74) is 0.0851. The molecule has 2 rings (SSSR count). The highest BCUT2D eigenvalue weighted by Crippen LogP contribution is 2.34. The molecule has 1 saturated heterocycles. The van der Waals surface area contributed by atoms with Gasteiger partial charge in [-0.1, -0.05) is 36.3 Å². The lowest BCUT2D eigenvalue weighted by Crippen LogP contribution is -2.44. The number of rotatable bonds is 6. The number of carbonyl (C=O) groups excluding carboxylic acids is 1. The van der Waals surface area contributed by atoms with E-state index in [0.29, 0.717) is 0 Å². The molecule has 112 valence electrons. The molecule has 1 aliphatic heterocycles. The van der Waals surface area contributed by atoms with Crippen molar-refractivity contribution in [1.82, 2.24) is 4.90 Å². The molecular weight excluding hydrogens is 262 g/mol. The molecule has 1 aromatic rings. The SMILES string of the molecule is C#CC1(C(=O)c2ccccc2)CCN(CCOCC)CC1. The van der Waals surface area contributed by atoms with Crippen molar-refractivity contribution in [3.8, 4) is 12.3 Å². The molecule has 1 heterocycles. The van der Waals surface area contributed by atoms with Gasteiger partial charge in [0.1, 0.15) is 0 Å². The fraction of sp³-hybridized carbons (Fsp3) is 0.500. The van der Waals surface area contributed by atoms with Crippen LogP contribution in [0.25, 0.3) is 0 Å². The zero-order chi connectivity index (χ0) is 15.1. The Bertz CT molecular complexity index is 496. The van der Waals surface area contributed by atoms with Gasteiger partial charge in [0.05, 0.1) is 12.0 Å². The molecule has 0 spiro atoms. The zero-order valence-corrected chi connectivity index (χ0v) is 12.7. The molecule has 0 unspecified atom stereocenters. The molecule has 0 atom stereocenters. The number of hydrogen-bond donors (Lipinski definition) is 0. The van der Waals surface area contributed by atoms with E-state index in [1.54, 1.807) is 0 Å². The summed E-state index contributed by atoms with van der Waals surface area (Å²) in [5.74, 6) is 2.89. The minimum absolute atomic E-state index is 0.0926. The molecule has 21 heavy (non-hydrogen) atoms. The highest BCUT2D eigenvalue weighted by Gasteiger charge is 2.39. The van der Waals surface area contributed by atoms with E-state index in [2.05, 4.69) is 10.8 Å². The molecule has 0 radical (unpaired) electrons. The van der Waals surface area contributed by atoms with Crippen molar-refractivity contribution in [2.24, 2.45) is 5.41 Å². The molecule has 3 heteroatoms. The van der Waals surface area contributed by atoms with E-state index in [-0.39, 0.29) is 5.78 Å². The fourth-order valence-electron chi connectivity index (χ4n) is 2.80. The number of nitrogens with zero attached hydrogens (tertiary/aromatic N) is 1. The first-order chi connectivity index (χ1) is 10.2. The Balaban J connectivity index is 1.99. The van der Waals surface area contributed by atoms with Gasteiger partial charge in [-0.25, -0.2) is 0 Å². The van der Waals surface area contributed by atoms with Crippen molar-refractivity contribution >= 4 is 5.78 Å². The number of terminal acetylenes is 1. The number of hydrogen-bond acceptors (Lipinski definition) is 3. The van der Waals surface area contributed by atoms with Gasteiger partial charge in [0.25, 0.3) is 0 Å². The maximum atomic E-state index is 12.7. The van der Waals surface area contributed by atoms with Gasteiger partial charge in [-0.15, -0.1) is 6.42 Å². The second kappa shape index (κ2) is 7.40. The van der Waals surface area contributed by atoms with Crippen LogP contribution in [0.4, 0.5) is 0 Å². The van der Waals surface area contributed by atoms with Gasteiger partial charge in [-0.05, 0) is 19.8 Å². The van der Waals surface area contributed by atoms with Crippen LogP contribution in [0.2, 0.25) is 0 Å². The van der Waals surface area contributed by atoms with Crippen LogP contribution in [0.5, 0.6) is 0 Å². The molecule has 1 aliphatic rings. The predicted molar refractivity (Wildman–Crippen MR) is 84.2 cm³/mol. The summed E-state index contributed by atoms with van der Waals surface area (Å²) < 4.78 is 5.38. The average molecular weight is 285 g/mol. The number of likely N-dealkylation sites (tertiary alicyclic amines) is 1. The Morgan fingerprint density at radius 3 is 2.57 bits per heavy atom. The molecule has 1 fully saturated rings. The van der Waals surface area contributed by atoms with Gasteiger partial charge in [0.15, 0.2) is 5.78 Å². The van der Waals surface area contributed by atoms with Crippen LogP contribution in [0.3, 0.4) is 0 Å². The number of Topliss-reactive ketones (excluding diaryl/α,β-unsaturated/α-hetero) is 1. The van der Waals surface area contributed by atoms with Crippen LogP contribution in [-0.2, 0) is 4.74 Å². The Hall–Kier alpha value is -1.63. The lowest BCUT2D eigenvalue weighted by Gasteiger charge is -2.37. The summed E-state index contributed by atoms with van der Waals surface area (Å²) in [6.07, 6.45) is 7.18. The Morgan fingerprint density at radius 1 is 1.33 bits per heavy atom. The molecular formula is C18H23NO2. The summed E-state index contributed by atoms with van der Waals surface area (Å²) in [6, 6.07) is 9.38. The first kappa shape index (κ1) is 15.8. The van der Waals surface area contributed by atoms with Gasteiger partial charge < -0.3 is 9.64 Å². The predicted octanol–water partition coefficient (Wildman–Crippen LogP) is 2.62. The van der Waals surface area contributed by atoms with Gasteiger partial charge in [-0.3, -0.25) is 4.79 Å². The van der Waals surface area contributed by atoms with Gasteiger partial charge in [0.2, 0.25) is 0 Å². The van der Waals surface area contributed by atoms with Crippen LogP contribution >= 0.6 is 0 Å². The van der Waals surface area contributed by atoms with E-state index >= 15 is 0 Å². The second-order valence-electron chi connectivity index (χ2n) is 5.46. The lowest BCUT2D eigenvalue weighted by molar-refractivity contribution is 0.0646. The molecule has 0 aliphatic carbocycles. The van der Waals surface area contributed by atoms with Gasteiger partial charge in [0, 0.05) is 31.8 Å². The summed E-state index contributed by atoms with van der Waals surface area (Å²) in [7, 11) is 0. The van der Waals surface area contributed by atoms with E-state index in [4.69, 9.17) is 11.2 Å². The van der Waals surface area contributed by atoms with E-state index in [9.17, 15) is 4.79 Å². The van der Waals surface area contributed by atoms with E-state index in [1.807, 2.05) is 37.3 Å². The molecule has 0 bridgehead atoms. The molecule has 1 aromatic carbocycles. The van der Waals surface area contributed by atoms with Crippen molar-refractivity contribution in [1.29, 1.82) is 0 Å². The normalized spacial score (nSPS) is 18.1. The van der Waals surface area contributed by atoms with Gasteiger partial charge >= 0.3 is 0 Å². The van der Waals surface area contributed by atoms with Crippen LogP contribution < -0.4 is 0 Å². The summed E-state index contributed by atoms with van der Waals surface area (Å²) in [6.45, 7) is 6.11. The highest BCUT2D eigenvalue weighted by atomic mass is 16.5. The smallest absolute Gasteiger partial charge is 0.180 e. The largest absolute Gasteiger partial charge is 0.380 e. The van der Waals surface area contributed by atoms with Crippen molar-refractivity contribution in [2.45, 2.75) is 19.8 Å². The number of ether oxygens (including phenoxy) is 1. The third kappa shape index (κ3) is 3.72. The molecule has 3 nitrogen and oxygen atoms in total. The first-order valence-electron chi connectivity index (χ1n) is 7.59. The summed E-state index contributed by atoms with van der Waals surface area (Å²) in [4.78, 5) is 15.1. The number of carbonyl (C=O) groups is 1. The molecule has 0 aromatic heterocycles. The number of ketones is 1. The maximum absolute atomic E-state index is 12.7. The molecule has 0 amide bonds. The van der Waals surface area contributed by atoms with Gasteiger partial charge in [-0.2, -0.15) is 0 Å². The first-order valence-corrected chi connectivity index (χ1v) is 7.59. The number of benzene rings is 1. The fourth-order valence-corrected chi connectivity index (χ4v) is 2.80. The third-order valence-electron chi connectivity index (χ3n) is 4.21. The minimum atomic E-state index is -0.635. The Morgan fingerprint density at radius 2 is 2.00 bits per heavy atom. The van der Waals surface area contributed by atoms with E-state index in [1.165, 1.54) is 0 Å². The van der Waals surface area contributed by atoms with Crippen LogP contribution in [0.1, 0.15) is 30.1 Å². The number of piperidine rings is 1. The summed E-state index contributed by atoms with van der Waals surface area (Å²) in [5, 5.41) is 0. The van der Waals surface area contributed by atoms with E-state index < -0.39 is 5.41 Å². The van der Waals surface area contributed by atoms with Crippen molar-refractivity contribution in [3.63, 3.8) is 0 Å². The van der Waals surface area contributed by atoms with Crippen molar-refractivity contribution < 1.29 is 9.53 Å². The van der Waals surface area contributed by atoms with Crippen LogP contribution in [0, 0.1) is 17.8 Å². The molecule has 0 N–H and O–H groups in total.